The molecule has 0 bridgehead atoms. The Morgan fingerprint density at radius 3 is 2.68 bits per heavy atom. The largest absolute Gasteiger partial charge is 0.493 e. The molecule has 5 rings (SSSR count). The molecule has 41 heavy (non-hydrogen) atoms. The first-order chi connectivity index (χ1) is 19.8. The number of carbonyl (C=O) groups is 1. The number of carbonyl (C=O) groups excluding carboxylic acids is 1. The summed E-state index contributed by atoms with van der Waals surface area (Å²) in [4.78, 5) is 32.6. The van der Waals surface area contributed by atoms with Crippen LogP contribution in [-0.4, -0.2) is 24.3 Å². The van der Waals surface area contributed by atoms with Gasteiger partial charge in [0.05, 0.1) is 46.2 Å². The quantitative estimate of drug-likeness (QED) is 0.263. The molecule has 0 spiro atoms. The molecule has 1 atom stereocenters. The fourth-order valence-electron chi connectivity index (χ4n) is 4.45. The smallest absolute Gasteiger partial charge is 0.338 e. The molecule has 0 fully saturated rings. The highest BCUT2D eigenvalue weighted by atomic mass is 35.5. The van der Waals surface area contributed by atoms with Crippen molar-refractivity contribution in [2.75, 3.05) is 13.7 Å². The molecule has 208 valence electrons. The summed E-state index contributed by atoms with van der Waals surface area (Å²) in [5.74, 6) is 0.279. The molecule has 2 aromatic heterocycles. The maximum absolute atomic E-state index is 13.8. The predicted octanol–water partition coefficient (Wildman–Crippen LogP) is 4.97. The fraction of sp³-hybridized carbons (Fsp3) is 0.200. The number of benzene rings is 2. The Labute approximate surface area is 248 Å². The molecule has 1 aliphatic heterocycles. The second-order valence-corrected chi connectivity index (χ2v) is 11.3. The van der Waals surface area contributed by atoms with Crippen LogP contribution < -0.4 is 24.4 Å². The predicted molar refractivity (Wildman–Crippen MR) is 158 cm³/mol. The van der Waals surface area contributed by atoms with Gasteiger partial charge >= 0.3 is 5.97 Å². The van der Waals surface area contributed by atoms with Gasteiger partial charge in [-0.2, -0.15) is 5.26 Å². The number of esters is 1. The van der Waals surface area contributed by atoms with Gasteiger partial charge in [0.2, 0.25) is 0 Å². The van der Waals surface area contributed by atoms with Gasteiger partial charge < -0.3 is 14.2 Å². The van der Waals surface area contributed by atoms with Gasteiger partial charge in [0.1, 0.15) is 12.6 Å². The number of methoxy groups -OCH3 is 1. The van der Waals surface area contributed by atoms with Gasteiger partial charge in [-0.1, -0.05) is 41.1 Å². The van der Waals surface area contributed by atoms with Crippen LogP contribution in [0.2, 0.25) is 5.02 Å². The van der Waals surface area contributed by atoms with Crippen molar-refractivity contribution in [1.29, 1.82) is 5.26 Å². The molecule has 3 heterocycles. The fourth-order valence-corrected chi connectivity index (χ4v) is 6.60. The lowest BCUT2D eigenvalue weighted by atomic mass is 10.0. The summed E-state index contributed by atoms with van der Waals surface area (Å²) in [6.45, 7) is 3.94. The Morgan fingerprint density at radius 1 is 1.24 bits per heavy atom. The number of nitrogens with zero attached hydrogens (tertiary/aromatic N) is 3. The minimum atomic E-state index is -0.636. The molecular formula is C30H24ClN3O5S2. The number of nitriles is 1. The second-order valence-electron chi connectivity index (χ2n) is 8.95. The first-order valence-electron chi connectivity index (χ1n) is 12.6. The zero-order valence-electron chi connectivity index (χ0n) is 22.3. The van der Waals surface area contributed by atoms with Crippen LogP contribution in [0.1, 0.15) is 41.5 Å². The van der Waals surface area contributed by atoms with Crippen molar-refractivity contribution in [1.82, 2.24) is 4.57 Å². The molecule has 0 aliphatic carbocycles. The Balaban J connectivity index is 1.53. The van der Waals surface area contributed by atoms with Gasteiger partial charge in [0, 0.05) is 4.88 Å². The Kier molecular flexibility index (Phi) is 8.40. The number of thiazole rings is 1. The molecule has 11 heteroatoms. The van der Waals surface area contributed by atoms with Crippen LogP contribution in [0.4, 0.5) is 0 Å². The molecule has 1 aliphatic rings. The number of hydrogen-bond acceptors (Lipinski definition) is 9. The van der Waals surface area contributed by atoms with Crippen molar-refractivity contribution in [3.05, 3.63) is 111 Å². The van der Waals surface area contributed by atoms with E-state index in [1.165, 1.54) is 29.8 Å². The first kappa shape index (κ1) is 28.4. The highest BCUT2D eigenvalue weighted by molar-refractivity contribution is 7.10. The van der Waals surface area contributed by atoms with Crippen LogP contribution in [0.15, 0.2) is 75.0 Å². The number of rotatable bonds is 8. The number of aromatic nitrogens is 1. The van der Waals surface area contributed by atoms with Crippen LogP contribution >= 0.6 is 34.3 Å². The number of halogens is 1. The highest BCUT2D eigenvalue weighted by Gasteiger charge is 2.33. The molecule has 0 saturated carbocycles. The van der Waals surface area contributed by atoms with E-state index >= 15 is 0 Å². The molecule has 0 unspecified atom stereocenters. The van der Waals surface area contributed by atoms with Crippen LogP contribution in [0.3, 0.4) is 0 Å². The lowest BCUT2D eigenvalue weighted by molar-refractivity contribution is -0.139. The third-order valence-corrected chi connectivity index (χ3v) is 8.53. The van der Waals surface area contributed by atoms with Gasteiger partial charge in [-0.15, -0.1) is 11.3 Å². The molecule has 4 aromatic rings. The van der Waals surface area contributed by atoms with Gasteiger partial charge in [0.25, 0.3) is 5.56 Å². The van der Waals surface area contributed by atoms with Gasteiger partial charge in [-0.05, 0) is 66.8 Å². The minimum Gasteiger partial charge on any atom is -0.493 e. The van der Waals surface area contributed by atoms with E-state index in [1.54, 1.807) is 48.8 Å². The molecule has 0 amide bonds. The van der Waals surface area contributed by atoms with E-state index in [0.717, 1.165) is 10.4 Å². The average Bonchev–Trinajstić information content (AvgIpc) is 3.60. The third-order valence-electron chi connectivity index (χ3n) is 6.35. The van der Waals surface area contributed by atoms with Gasteiger partial charge in [0.15, 0.2) is 16.3 Å². The SMILES string of the molecule is CCOC(=O)C1=C(C)N=c2s/c(=C\c3cc(Cl)c(OCc4ccc(C#N)cc4)c(OC)c3)c(=O)n2[C@@H]1c1cccs1. The molecule has 8 nitrogen and oxygen atoms in total. The summed E-state index contributed by atoms with van der Waals surface area (Å²) in [7, 11) is 1.51. The van der Waals surface area contributed by atoms with E-state index < -0.39 is 12.0 Å². The van der Waals surface area contributed by atoms with E-state index in [9.17, 15) is 9.59 Å². The monoisotopic (exact) mass is 605 g/mol. The molecule has 0 N–H and O–H groups in total. The zero-order valence-corrected chi connectivity index (χ0v) is 24.7. The first-order valence-corrected chi connectivity index (χ1v) is 14.6. The zero-order chi connectivity index (χ0) is 29.1. The van der Waals surface area contributed by atoms with E-state index in [0.29, 0.717) is 48.3 Å². The number of ether oxygens (including phenoxy) is 3. The molecule has 2 aromatic carbocycles. The van der Waals surface area contributed by atoms with E-state index in [2.05, 4.69) is 11.1 Å². The van der Waals surface area contributed by atoms with Crippen molar-refractivity contribution in [3.63, 3.8) is 0 Å². The summed E-state index contributed by atoms with van der Waals surface area (Å²) >= 11 is 9.29. The number of allylic oxidation sites excluding steroid dienone is 1. The molecular weight excluding hydrogens is 582 g/mol. The average molecular weight is 606 g/mol. The van der Waals surface area contributed by atoms with Crippen molar-refractivity contribution in [2.45, 2.75) is 26.5 Å². The van der Waals surface area contributed by atoms with Crippen molar-refractivity contribution >= 4 is 46.3 Å². The van der Waals surface area contributed by atoms with E-state index in [4.69, 9.17) is 31.1 Å². The lowest BCUT2D eigenvalue weighted by Crippen LogP contribution is -2.39. The van der Waals surface area contributed by atoms with Crippen molar-refractivity contribution in [3.8, 4) is 17.6 Å². The van der Waals surface area contributed by atoms with Crippen molar-refractivity contribution < 1.29 is 19.0 Å². The summed E-state index contributed by atoms with van der Waals surface area (Å²) in [6, 6.07) is 15.7. The Morgan fingerprint density at radius 2 is 2.02 bits per heavy atom. The van der Waals surface area contributed by atoms with E-state index in [-0.39, 0.29) is 18.8 Å². The lowest BCUT2D eigenvalue weighted by Gasteiger charge is -2.23. The third kappa shape index (κ3) is 5.70. The van der Waals surface area contributed by atoms with Crippen LogP contribution in [0.25, 0.3) is 6.08 Å². The summed E-state index contributed by atoms with van der Waals surface area (Å²) in [5.41, 5.74) is 2.65. The van der Waals surface area contributed by atoms with Gasteiger partial charge in [-0.25, -0.2) is 9.79 Å². The maximum Gasteiger partial charge on any atom is 0.338 e. The van der Waals surface area contributed by atoms with Crippen LogP contribution in [0.5, 0.6) is 11.5 Å². The van der Waals surface area contributed by atoms with Crippen LogP contribution in [0, 0.1) is 11.3 Å². The molecule has 0 saturated heterocycles. The summed E-state index contributed by atoms with van der Waals surface area (Å²) < 4.78 is 18.8. The standard InChI is InChI=1S/C30H24ClN3O5S2/c1-4-38-29(36)25-17(2)33-30-34(26(25)23-6-5-11-40-23)28(35)24(41-30)14-20-12-21(31)27(22(13-20)37-3)39-16-19-9-7-18(15-32)8-10-19/h5-14,26H,4,16H2,1-3H3/b24-14-/t26-/m1/s1. The summed E-state index contributed by atoms with van der Waals surface area (Å²) in [5, 5.41) is 11.2. The summed E-state index contributed by atoms with van der Waals surface area (Å²) in [6.07, 6.45) is 1.72. The molecule has 0 radical (unpaired) electrons. The van der Waals surface area contributed by atoms with E-state index in [1.807, 2.05) is 29.6 Å². The topological polar surface area (TPSA) is 103 Å². The number of fused-ring (bicyclic) bond motifs is 1. The highest BCUT2D eigenvalue weighted by Crippen LogP contribution is 2.37. The van der Waals surface area contributed by atoms with Crippen LogP contribution in [-0.2, 0) is 16.1 Å². The number of hydrogen-bond donors (Lipinski definition) is 0. The maximum atomic E-state index is 13.8. The minimum absolute atomic E-state index is 0.215. The normalized spacial score (nSPS) is 14.7. The second kappa shape index (κ2) is 12.1. The van der Waals surface area contributed by atoms with Gasteiger partial charge in [-0.3, -0.25) is 9.36 Å². The Bertz CT molecular complexity index is 1870. The number of thiophene rings is 1. The van der Waals surface area contributed by atoms with Crippen molar-refractivity contribution in [2.24, 2.45) is 4.99 Å². The Hall–Kier alpha value is -4.17.